The predicted octanol–water partition coefficient (Wildman–Crippen LogP) is 2.87. The molecule has 0 fully saturated rings. The topological polar surface area (TPSA) is 114 Å². The van der Waals surface area contributed by atoms with Crippen LogP contribution in [0.5, 0.6) is 0 Å². The average molecular weight is 464 g/mol. The van der Waals surface area contributed by atoms with E-state index >= 15 is 0 Å². The normalized spacial score (nSPS) is 13.4. The number of hydrogen-bond acceptors (Lipinski definition) is 6. The number of nitrogens with zero attached hydrogens (tertiary/aromatic N) is 1. The summed E-state index contributed by atoms with van der Waals surface area (Å²) in [4.78, 5) is 52.1. The molecule has 3 amide bonds. The van der Waals surface area contributed by atoms with Crippen molar-refractivity contribution < 1.29 is 28.7 Å². The van der Waals surface area contributed by atoms with Gasteiger partial charge in [-0.1, -0.05) is 29.8 Å². The number of rotatable bonds is 7. The zero-order valence-corrected chi connectivity index (χ0v) is 21.1. The number of carbonyl (C=O) groups is 4. The molecule has 1 aromatic carbocycles. The van der Waals surface area contributed by atoms with Crippen molar-refractivity contribution in [3.63, 3.8) is 0 Å². The van der Waals surface area contributed by atoms with Gasteiger partial charge in [-0.15, -0.1) is 0 Å². The van der Waals surface area contributed by atoms with E-state index in [4.69, 9.17) is 4.74 Å². The minimum absolute atomic E-state index is 0.338. The van der Waals surface area contributed by atoms with Crippen molar-refractivity contribution in [1.82, 2.24) is 15.5 Å². The van der Waals surface area contributed by atoms with Gasteiger partial charge < -0.3 is 25.0 Å². The highest BCUT2D eigenvalue weighted by atomic mass is 16.6. The third-order valence-electron chi connectivity index (χ3n) is 4.56. The van der Waals surface area contributed by atoms with Crippen LogP contribution in [0.2, 0.25) is 0 Å². The molecule has 1 rings (SSSR count). The van der Waals surface area contributed by atoms with E-state index in [1.807, 2.05) is 13.0 Å². The van der Waals surface area contributed by atoms with E-state index in [0.717, 1.165) is 5.56 Å². The molecule has 0 bridgehead atoms. The van der Waals surface area contributed by atoms with E-state index in [1.54, 1.807) is 59.7 Å². The van der Waals surface area contributed by atoms with Crippen LogP contribution in [0.15, 0.2) is 24.3 Å². The second kappa shape index (κ2) is 11.2. The number of nitrogens with one attached hydrogen (secondary N) is 2. The third-order valence-corrected chi connectivity index (χ3v) is 4.56. The molecule has 2 unspecified atom stereocenters. The van der Waals surface area contributed by atoms with E-state index in [-0.39, 0.29) is 6.54 Å². The van der Waals surface area contributed by atoms with Crippen LogP contribution in [0.1, 0.15) is 65.6 Å². The number of esters is 1. The van der Waals surface area contributed by atoms with Gasteiger partial charge in [0.1, 0.15) is 24.2 Å². The van der Waals surface area contributed by atoms with Gasteiger partial charge in [-0.05, 0) is 61.0 Å². The summed E-state index contributed by atoms with van der Waals surface area (Å²) in [6, 6.07) is 5.19. The molecule has 0 saturated heterocycles. The van der Waals surface area contributed by atoms with E-state index < -0.39 is 47.1 Å². The van der Waals surface area contributed by atoms with Crippen LogP contribution in [0.3, 0.4) is 0 Å². The molecule has 9 nitrogen and oxygen atoms in total. The minimum atomic E-state index is -1.05. The molecule has 2 atom stereocenters. The van der Waals surface area contributed by atoms with Crippen LogP contribution >= 0.6 is 0 Å². The molecule has 0 aliphatic heterocycles. The second-order valence-corrected chi connectivity index (χ2v) is 9.86. The molecule has 9 heteroatoms. The Hall–Kier alpha value is -3.10. The van der Waals surface area contributed by atoms with Gasteiger partial charge in [0.2, 0.25) is 11.8 Å². The highest BCUT2D eigenvalue weighted by Crippen LogP contribution is 2.30. The summed E-state index contributed by atoms with van der Waals surface area (Å²) < 4.78 is 9.86. The summed E-state index contributed by atoms with van der Waals surface area (Å²) >= 11 is 0. The molecule has 0 spiro atoms. The van der Waals surface area contributed by atoms with Crippen molar-refractivity contribution in [2.24, 2.45) is 0 Å². The van der Waals surface area contributed by atoms with Gasteiger partial charge in [0.15, 0.2) is 0 Å². The first-order valence-corrected chi connectivity index (χ1v) is 10.8. The van der Waals surface area contributed by atoms with Gasteiger partial charge in [-0.2, -0.15) is 0 Å². The number of aryl methyl sites for hydroxylation is 1. The molecule has 0 radical (unpaired) electrons. The van der Waals surface area contributed by atoms with Gasteiger partial charge >= 0.3 is 12.1 Å². The molecule has 0 saturated carbocycles. The first-order chi connectivity index (χ1) is 15.1. The summed E-state index contributed by atoms with van der Waals surface area (Å²) in [5.41, 5.74) is -0.0588. The van der Waals surface area contributed by atoms with E-state index in [0.29, 0.717) is 5.56 Å². The van der Waals surface area contributed by atoms with Gasteiger partial charge in [0.25, 0.3) is 0 Å². The Morgan fingerprint density at radius 2 is 1.67 bits per heavy atom. The smallest absolute Gasteiger partial charge is 0.408 e. The Morgan fingerprint density at radius 3 is 2.15 bits per heavy atom. The Balaban J connectivity index is 3.37. The van der Waals surface area contributed by atoms with Crippen LogP contribution in [0.4, 0.5) is 4.79 Å². The van der Waals surface area contributed by atoms with Crippen molar-refractivity contribution in [1.29, 1.82) is 0 Å². The van der Waals surface area contributed by atoms with Crippen LogP contribution in [-0.4, -0.2) is 59.6 Å². The average Bonchev–Trinajstić information content (AvgIpc) is 2.66. The second-order valence-electron chi connectivity index (χ2n) is 9.86. The predicted molar refractivity (Wildman–Crippen MR) is 124 cm³/mol. The maximum Gasteiger partial charge on any atom is 0.408 e. The Labute approximate surface area is 196 Å². The molecule has 184 valence electrons. The SMILES string of the molecule is COC(=O)CNC(=O)C(c1cccc(C)c1)N(C(=O)C(C)NC(=O)OC(C)(C)C)C(C)(C)C. The van der Waals surface area contributed by atoms with Crippen molar-refractivity contribution in [2.45, 2.75) is 78.6 Å². The Morgan fingerprint density at radius 1 is 1.06 bits per heavy atom. The molecule has 1 aromatic rings. The van der Waals surface area contributed by atoms with Crippen molar-refractivity contribution in [2.75, 3.05) is 13.7 Å². The van der Waals surface area contributed by atoms with Gasteiger partial charge in [-0.3, -0.25) is 14.4 Å². The summed E-state index contributed by atoms with van der Waals surface area (Å²) in [5, 5.41) is 5.10. The number of hydrogen-bond donors (Lipinski definition) is 2. The fourth-order valence-corrected chi connectivity index (χ4v) is 3.19. The van der Waals surface area contributed by atoms with Gasteiger partial charge in [-0.25, -0.2) is 4.79 Å². The first kappa shape index (κ1) is 27.9. The lowest BCUT2D eigenvalue weighted by Gasteiger charge is -2.42. The molecular formula is C24H37N3O6. The quantitative estimate of drug-likeness (QED) is 0.601. The monoisotopic (exact) mass is 463 g/mol. The number of methoxy groups -OCH3 is 1. The van der Waals surface area contributed by atoms with Crippen LogP contribution < -0.4 is 10.6 Å². The number of carbonyl (C=O) groups excluding carboxylic acids is 4. The van der Waals surface area contributed by atoms with Crippen molar-refractivity contribution >= 4 is 23.9 Å². The highest BCUT2D eigenvalue weighted by molar-refractivity contribution is 5.93. The summed E-state index contributed by atoms with van der Waals surface area (Å²) in [5.74, 6) is -1.63. The summed E-state index contributed by atoms with van der Waals surface area (Å²) in [6.45, 7) is 13.6. The van der Waals surface area contributed by atoms with Crippen LogP contribution in [-0.2, 0) is 23.9 Å². The molecule has 0 aliphatic rings. The molecule has 0 aliphatic carbocycles. The number of ether oxygens (including phenoxy) is 2. The maximum absolute atomic E-state index is 13.6. The molecule has 33 heavy (non-hydrogen) atoms. The van der Waals surface area contributed by atoms with E-state index in [2.05, 4.69) is 15.4 Å². The lowest BCUT2D eigenvalue weighted by molar-refractivity contribution is -0.149. The van der Waals surface area contributed by atoms with Crippen LogP contribution in [0, 0.1) is 6.92 Å². The summed E-state index contributed by atoms with van der Waals surface area (Å²) in [7, 11) is 1.22. The minimum Gasteiger partial charge on any atom is -0.468 e. The van der Waals surface area contributed by atoms with E-state index in [1.165, 1.54) is 18.9 Å². The largest absolute Gasteiger partial charge is 0.468 e. The zero-order chi connectivity index (χ0) is 25.6. The van der Waals surface area contributed by atoms with Crippen LogP contribution in [0.25, 0.3) is 0 Å². The number of alkyl carbamates (subject to hydrolysis) is 1. The zero-order valence-electron chi connectivity index (χ0n) is 21.1. The van der Waals surface area contributed by atoms with Gasteiger partial charge in [0, 0.05) is 5.54 Å². The molecular weight excluding hydrogens is 426 g/mol. The third kappa shape index (κ3) is 8.75. The fourth-order valence-electron chi connectivity index (χ4n) is 3.19. The lowest BCUT2D eigenvalue weighted by atomic mass is 9.95. The standard InChI is InChI=1S/C24H37N3O6/c1-15-11-10-12-17(13-15)19(20(29)25-14-18(28)32-9)27(23(3,4)5)21(30)16(2)26-22(31)33-24(6,7)8/h10-13,16,19H,14H2,1-9H3,(H,25,29)(H,26,31). The lowest BCUT2D eigenvalue weighted by Crippen LogP contribution is -2.58. The van der Waals surface area contributed by atoms with Gasteiger partial charge in [0.05, 0.1) is 7.11 Å². The Bertz CT molecular complexity index is 870. The van der Waals surface area contributed by atoms with E-state index in [9.17, 15) is 19.2 Å². The highest BCUT2D eigenvalue weighted by Gasteiger charge is 2.40. The maximum atomic E-state index is 13.6. The molecule has 2 N–H and O–H groups in total. The number of benzene rings is 1. The van der Waals surface area contributed by atoms with Crippen molar-refractivity contribution in [3.05, 3.63) is 35.4 Å². The first-order valence-electron chi connectivity index (χ1n) is 10.8. The Kier molecular flexibility index (Phi) is 9.45. The molecule has 0 heterocycles. The molecule has 0 aromatic heterocycles. The van der Waals surface area contributed by atoms with Crippen molar-refractivity contribution in [3.8, 4) is 0 Å². The summed E-state index contributed by atoms with van der Waals surface area (Å²) in [6.07, 6.45) is -0.737. The fraction of sp³-hybridized carbons (Fsp3) is 0.583. The number of amides is 3.